The van der Waals surface area contributed by atoms with Crippen LogP contribution in [0.4, 0.5) is 0 Å². The number of unbranched alkanes of at least 4 members (excludes halogenated alkanes) is 30. The molecule has 0 bridgehead atoms. The van der Waals surface area contributed by atoms with E-state index in [1.807, 2.05) is 36.4 Å². The lowest BCUT2D eigenvalue weighted by Gasteiger charge is -2.19. The van der Waals surface area contributed by atoms with Gasteiger partial charge in [-0.3, -0.25) is 9.59 Å². The highest BCUT2D eigenvalue weighted by atomic mass is 16.5. The van der Waals surface area contributed by atoms with Crippen molar-refractivity contribution in [2.45, 2.75) is 273 Å². The fourth-order valence-corrected chi connectivity index (χ4v) is 10.2. The number of hydrogen-bond donors (Lipinski definition) is 2. The molecule has 0 atom stereocenters. The fraction of sp³-hybridized carbons (Fsp3) is 0.686. The van der Waals surface area contributed by atoms with Gasteiger partial charge in [0.1, 0.15) is 0 Å². The van der Waals surface area contributed by atoms with Gasteiger partial charge in [0, 0.05) is 11.1 Å². The predicted molar refractivity (Wildman–Crippen MR) is 334 cm³/mol. The summed E-state index contributed by atoms with van der Waals surface area (Å²) in [5.74, 6) is 3.02. The number of rotatable bonds is 53. The van der Waals surface area contributed by atoms with E-state index in [0.29, 0.717) is 108 Å². The first-order chi connectivity index (χ1) is 39.4. The van der Waals surface area contributed by atoms with Crippen LogP contribution < -0.4 is 28.4 Å². The summed E-state index contributed by atoms with van der Waals surface area (Å²) >= 11 is 0. The Morgan fingerprint density at radius 3 is 0.738 bits per heavy atom. The first kappa shape index (κ1) is 67.6. The molecular formula is C70H112N2O8. The Labute approximate surface area is 486 Å². The van der Waals surface area contributed by atoms with E-state index in [1.54, 1.807) is 12.1 Å². The van der Waals surface area contributed by atoms with Crippen molar-refractivity contribution in [1.29, 1.82) is 0 Å². The number of aromatic nitrogens is 2. The van der Waals surface area contributed by atoms with Crippen molar-refractivity contribution in [1.82, 2.24) is 9.97 Å². The minimum absolute atomic E-state index is 0.184. The summed E-state index contributed by atoms with van der Waals surface area (Å²) < 4.78 is 39.3. The number of aromatic amines is 2. The van der Waals surface area contributed by atoms with Gasteiger partial charge in [0.2, 0.25) is 23.1 Å². The molecule has 10 nitrogen and oxygen atoms in total. The summed E-state index contributed by atoms with van der Waals surface area (Å²) in [4.78, 5) is 36.0. The van der Waals surface area contributed by atoms with E-state index < -0.39 is 0 Å². The third-order valence-electron chi connectivity index (χ3n) is 15.2. The van der Waals surface area contributed by atoms with Gasteiger partial charge < -0.3 is 38.4 Å². The molecule has 80 heavy (non-hydrogen) atoms. The number of benzene rings is 2. The van der Waals surface area contributed by atoms with Gasteiger partial charge in [0.05, 0.1) is 62.4 Å². The Balaban J connectivity index is 1.61. The van der Waals surface area contributed by atoms with Crippen molar-refractivity contribution in [2.75, 3.05) is 39.6 Å². The Morgan fingerprint density at radius 1 is 0.287 bits per heavy atom. The van der Waals surface area contributed by atoms with Crippen molar-refractivity contribution in [3.8, 4) is 45.9 Å². The molecule has 4 rings (SSSR count). The second-order valence-electron chi connectivity index (χ2n) is 22.5. The largest absolute Gasteiger partial charge is 0.490 e. The Morgan fingerprint density at radius 2 is 0.500 bits per heavy atom. The van der Waals surface area contributed by atoms with Crippen LogP contribution in [0, 0.1) is 0 Å². The van der Waals surface area contributed by atoms with E-state index in [1.165, 1.54) is 154 Å². The molecule has 450 valence electrons. The molecule has 0 aliphatic rings. The maximum atomic E-state index is 14.6. The zero-order valence-electron chi connectivity index (χ0n) is 51.6. The SMILES string of the molecule is CCCCCCCCOc1cc(C(=O)c2ccc(-c3ccc(C(=O)c4cc(OCCCCCCCC)c(OCCCCCCCC)c(OCCCCCCCC)c4)[nH]3)[nH]2)cc(OCCCCCCCC)c1OCCCCCCCC. The molecule has 0 radical (unpaired) electrons. The third-order valence-corrected chi connectivity index (χ3v) is 15.2. The summed E-state index contributed by atoms with van der Waals surface area (Å²) in [6, 6.07) is 14.7. The van der Waals surface area contributed by atoms with E-state index in [4.69, 9.17) is 28.4 Å². The van der Waals surface area contributed by atoms with Gasteiger partial charge in [-0.2, -0.15) is 0 Å². The average Bonchev–Trinajstić information content (AvgIpc) is 4.21. The maximum absolute atomic E-state index is 14.6. The summed E-state index contributed by atoms with van der Waals surface area (Å²) in [5.41, 5.74) is 3.15. The second-order valence-corrected chi connectivity index (χ2v) is 22.5. The van der Waals surface area contributed by atoms with Crippen LogP contribution in [-0.2, 0) is 0 Å². The van der Waals surface area contributed by atoms with E-state index in [2.05, 4.69) is 51.5 Å². The number of ether oxygens (including phenoxy) is 6. The highest BCUT2D eigenvalue weighted by Crippen LogP contribution is 2.42. The van der Waals surface area contributed by atoms with Crippen LogP contribution in [0.5, 0.6) is 34.5 Å². The van der Waals surface area contributed by atoms with Crippen molar-refractivity contribution >= 4 is 11.6 Å². The molecule has 0 amide bonds. The highest BCUT2D eigenvalue weighted by molar-refractivity contribution is 6.10. The number of hydrogen-bond acceptors (Lipinski definition) is 8. The Hall–Kier alpha value is -4.86. The molecular weight excluding hydrogens is 997 g/mol. The van der Waals surface area contributed by atoms with Gasteiger partial charge in [-0.1, -0.05) is 234 Å². The topological polar surface area (TPSA) is 121 Å². The second kappa shape index (κ2) is 43.8. The zero-order chi connectivity index (χ0) is 57.1. The zero-order valence-corrected chi connectivity index (χ0v) is 51.6. The van der Waals surface area contributed by atoms with Crippen molar-refractivity contribution in [3.63, 3.8) is 0 Å². The van der Waals surface area contributed by atoms with Gasteiger partial charge in [0.25, 0.3) is 0 Å². The van der Waals surface area contributed by atoms with Crippen molar-refractivity contribution < 1.29 is 38.0 Å². The van der Waals surface area contributed by atoms with E-state index in [0.717, 1.165) is 77.0 Å². The monoisotopic (exact) mass is 1110 g/mol. The van der Waals surface area contributed by atoms with Gasteiger partial charge >= 0.3 is 0 Å². The number of nitrogens with one attached hydrogen (secondary N) is 2. The molecule has 0 fully saturated rings. The lowest BCUT2D eigenvalue weighted by atomic mass is 10.1. The average molecular weight is 1110 g/mol. The standard InChI is InChI=1S/C70H112N2O8/c1-7-13-19-25-31-37-47-75-63-53-57(54-64(76-48-38-32-26-20-14-8-2)69(63)79-51-41-35-29-23-17-11-5)67(73)61-45-43-59(71-61)60-44-46-62(72-60)68(74)58-55-65(77-49-39-33-27-21-15-9-3)70(80-52-42-36-30-24-18-12-6)66(56-58)78-50-40-34-28-22-16-10-4/h43-46,53-56,71-72H,7-42,47-52H2,1-6H3. The molecule has 2 heterocycles. The summed E-state index contributed by atoms with van der Waals surface area (Å²) in [5, 5.41) is 0. The molecule has 0 aliphatic carbocycles. The molecule has 0 unspecified atom stereocenters. The van der Waals surface area contributed by atoms with Crippen molar-refractivity contribution in [3.05, 3.63) is 71.0 Å². The molecule has 4 aromatic rings. The van der Waals surface area contributed by atoms with Crippen LogP contribution in [0.3, 0.4) is 0 Å². The molecule has 0 saturated heterocycles. The van der Waals surface area contributed by atoms with Crippen LogP contribution in [0.25, 0.3) is 11.4 Å². The number of ketones is 2. The number of carbonyl (C=O) groups is 2. The predicted octanol–water partition coefficient (Wildman–Crippen LogP) is 20.9. The maximum Gasteiger partial charge on any atom is 0.209 e. The van der Waals surface area contributed by atoms with Crippen LogP contribution in [-0.4, -0.2) is 61.2 Å². The van der Waals surface area contributed by atoms with Crippen LogP contribution >= 0.6 is 0 Å². The molecule has 0 aliphatic heterocycles. The Bertz CT molecular complexity index is 1980. The smallest absolute Gasteiger partial charge is 0.209 e. The lowest BCUT2D eigenvalue weighted by molar-refractivity contribution is 0.102. The van der Waals surface area contributed by atoms with Gasteiger partial charge in [-0.15, -0.1) is 0 Å². The molecule has 0 spiro atoms. The first-order valence-corrected chi connectivity index (χ1v) is 33.0. The van der Waals surface area contributed by atoms with Crippen molar-refractivity contribution in [2.24, 2.45) is 0 Å². The molecule has 2 aromatic carbocycles. The summed E-state index contributed by atoms with van der Waals surface area (Å²) in [6.07, 6.45) is 41.5. The number of carbonyl (C=O) groups excluding carboxylic acids is 2. The van der Waals surface area contributed by atoms with Crippen LogP contribution in [0.2, 0.25) is 0 Å². The van der Waals surface area contributed by atoms with E-state index >= 15 is 0 Å². The fourth-order valence-electron chi connectivity index (χ4n) is 10.2. The molecule has 2 aromatic heterocycles. The minimum atomic E-state index is -0.184. The normalized spacial score (nSPS) is 11.3. The molecule has 10 heteroatoms. The van der Waals surface area contributed by atoms with Gasteiger partial charge in [0.15, 0.2) is 23.0 Å². The lowest BCUT2D eigenvalue weighted by Crippen LogP contribution is -2.09. The Kier molecular flexibility index (Phi) is 37.0. The molecule has 0 saturated carbocycles. The number of H-pyrrole nitrogens is 2. The van der Waals surface area contributed by atoms with Gasteiger partial charge in [-0.25, -0.2) is 0 Å². The van der Waals surface area contributed by atoms with E-state index in [9.17, 15) is 9.59 Å². The quantitative estimate of drug-likeness (QED) is 0.0331. The molecule has 2 N–H and O–H groups in total. The van der Waals surface area contributed by atoms with Crippen LogP contribution in [0.1, 0.15) is 305 Å². The first-order valence-electron chi connectivity index (χ1n) is 33.0. The van der Waals surface area contributed by atoms with Crippen LogP contribution in [0.15, 0.2) is 48.5 Å². The van der Waals surface area contributed by atoms with Gasteiger partial charge in [-0.05, 0) is 87.1 Å². The third kappa shape index (κ3) is 26.8. The summed E-state index contributed by atoms with van der Waals surface area (Å²) in [7, 11) is 0. The van der Waals surface area contributed by atoms with E-state index in [-0.39, 0.29) is 11.6 Å². The summed E-state index contributed by atoms with van der Waals surface area (Å²) in [6.45, 7) is 16.7. The highest BCUT2D eigenvalue weighted by Gasteiger charge is 2.24. The minimum Gasteiger partial charge on any atom is -0.490 e.